The lowest BCUT2D eigenvalue weighted by atomic mass is 10.1. The molecule has 1 heterocycles. The summed E-state index contributed by atoms with van der Waals surface area (Å²) in [4.78, 5) is 0. The number of nitriles is 1. The number of piperidine rings is 1. The van der Waals surface area contributed by atoms with E-state index in [0.717, 1.165) is 17.9 Å². The van der Waals surface area contributed by atoms with Crippen molar-refractivity contribution in [2.24, 2.45) is 0 Å². The predicted molar refractivity (Wildman–Crippen MR) is 67.0 cm³/mol. The molecule has 0 bridgehead atoms. The van der Waals surface area contributed by atoms with Crippen molar-refractivity contribution in [3.63, 3.8) is 0 Å². The SMILES string of the molecule is Cc1ccc(C#N)cc1OCC1CCCCN1. The minimum absolute atomic E-state index is 0.453. The molecule has 2 rings (SSSR count). The molecule has 1 atom stereocenters. The first-order valence-electron chi connectivity index (χ1n) is 6.16. The minimum atomic E-state index is 0.453. The predicted octanol–water partition coefficient (Wildman–Crippen LogP) is 2.39. The molecule has 1 N–H and O–H groups in total. The fourth-order valence-corrected chi connectivity index (χ4v) is 2.08. The third-order valence-corrected chi connectivity index (χ3v) is 3.17. The number of hydrogen-bond donors (Lipinski definition) is 1. The van der Waals surface area contributed by atoms with E-state index < -0.39 is 0 Å². The lowest BCUT2D eigenvalue weighted by Gasteiger charge is -2.23. The Hall–Kier alpha value is -1.53. The van der Waals surface area contributed by atoms with E-state index in [1.807, 2.05) is 25.1 Å². The molecule has 1 aromatic carbocycles. The van der Waals surface area contributed by atoms with Crippen molar-refractivity contribution >= 4 is 0 Å². The number of aryl methyl sites for hydroxylation is 1. The fourth-order valence-electron chi connectivity index (χ4n) is 2.08. The van der Waals surface area contributed by atoms with Crippen molar-refractivity contribution in [1.29, 1.82) is 5.26 Å². The number of hydrogen-bond acceptors (Lipinski definition) is 3. The maximum absolute atomic E-state index is 8.85. The molecule has 0 radical (unpaired) electrons. The summed E-state index contributed by atoms with van der Waals surface area (Å²) >= 11 is 0. The third kappa shape index (κ3) is 3.21. The van der Waals surface area contributed by atoms with Gasteiger partial charge in [0.05, 0.1) is 11.6 Å². The van der Waals surface area contributed by atoms with Crippen LogP contribution in [0.3, 0.4) is 0 Å². The second kappa shape index (κ2) is 5.70. The molecule has 17 heavy (non-hydrogen) atoms. The Kier molecular flexibility index (Phi) is 4.00. The van der Waals surface area contributed by atoms with Gasteiger partial charge in [0, 0.05) is 6.04 Å². The highest BCUT2D eigenvalue weighted by Gasteiger charge is 2.13. The molecule has 3 heteroatoms. The normalized spacial score (nSPS) is 19.6. The molecule has 1 aliphatic rings. The highest BCUT2D eigenvalue weighted by molar-refractivity contribution is 5.41. The molecule has 0 aliphatic carbocycles. The van der Waals surface area contributed by atoms with Gasteiger partial charge in [0.15, 0.2) is 0 Å². The summed E-state index contributed by atoms with van der Waals surface area (Å²) in [5.74, 6) is 0.830. The molecule has 3 nitrogen and oxygen atoms in total. The minimum Gasteiger partial charge on any atom is -0.492 e. The van der Waals surface area contributed by atoms with Crippen LogP contribution < -0.4 is 10.1 Å². The average molecular weight is 230 g/mol. The summed E-state index contributed by atoms with van der Waals surface area (Å²) in [5.41, 5.74) is 1.74. The van der Waals surface area contributed by atoms with Gasteiger partial charge in [-0.1, -0.05) is 12.5 Å². The zero-order chi connectivity index (χ0) is 12.1. The van der Waals surface area contributed by atoms with Crippen LogP contribution in [-0.2, 0) is 0 Å². The van der Waals surface area contributed by atoms with Gasteiger partial charge < -0.3 is 10.1 Å². The van der Waals surface area contributed by atoms with E-state index in [9.17, 15) is 0 Å². The number of rotatable bonds is 3. The first-order chi connectivity index (χ1) is 8.29. The number of nitrogens with zero attached hydrogens (tertiary/aromatic N) is 1. The van der Waals surface area contributed by atoms with Gasteiger partial charge in [-0.25, -0.2) is 0 Å². The van der Waals surface area contributed by atoms with Gasteiger partial charge in [0.2, 0.25) is 0 Å². The van der Waals surface area contributed by atoms with Crippen molar-refractivity contribution < 1.29 is 4.74 Å². The van der Waals surface area contributed by atoms with E-state index in [1.165, 1.54) is 19.3 Å². The average Bonchev–Trinajstić information content (AvgIpc) is 2.39. The molecule has 0 aromatic heterocycles. The molecule has 0 saturated carbocycles. The number of nitrogens with one attached hydrogen (secondary N) is 1. The standard InChI is InChI=1S/C14H18N2O/c1-11-5-6-12(9-15)8-14(11)17-10-13-4-2-3-7-16-13/h5-6,8,13,16H,2-4,7,10H2,1H3. The largest absolute Gasteiger partial charge is 0.492 e. The lowest BCUT2D eigenvalue weighted by molar-refractivity contribution is 0.238. The van der Waals surface area contributed by atoms with E-state index in [2.05, 4.69) is 11.4 Å². The van der Waals surface area contributed by atoms with Gasteiger partial charge >= 0.3 is 0 Å². The maximum atomic E-state index is 8.85. The van der Waals surface area contributed by atoms with Crippen LogP contribution in [0.4, 0.5) is 0 Å². The highest BCUT2D eigenvalue weighted by atomic mass is 16.5. The summed E-state index contributed by atoms with van der Waals surface area (Å²) in [6.07, 6.45) is 3.72. The van der Waals surface area contributed by atoms with Gasteiger partial charge in [0.25, 0.3) is 0 Å². The number of benzene rings is 1. The van der Waals surface area contributed by atoms with Crippen LogP contribution in [-0.4, -0.2) is 19.2 Å². The summed E-state index contributed by atoms with van der Waals surface area (Å²) in [7, 11) is 0. The quantitative estimate of drug-likeness (QED) is 0.867. The first kappa shape index (κ1) is 11.9. The summed E-state index contributed by atoms with van der Waals surface area (Å²) in [6.45, 7) is 3.78. The van der Waals surface area contributed by atoms with Gasteiger partial charge in [-0.05, 0) is 44.0 Å². The number of ether oxygens (including phenoxy) is 1. The zero-order valence-corrected chi connectivity index (χ0v) is 10.2. The fraction of sp³-hybridized carbons (Fsp3) is 0.500. The topological polar surface area (TPSA) is 45.0 Å². The summed E-state index contributed by atoms with van der Waals surface area (Å²) in [6, 6.07) is 8.16. The Morgan fingerprint density at radius 1 is 1.47 bits per heavy atom. The summed E-state index contributed by atoms with van der Waals surface area (Å²) < 4.78 is 5.81. The van der Waals surface area contributed by atoms with Crippen molar-refractivity contribution in [2.45, 2.75) is 32.2 Å². The Morgan fingerprint density at radius 2 is 2.35 bits per heavy atom. The Labute approximate surface area is 102 Å². The second-order valence-electron chi connectivity index (χ2n) is 4.55. The van der Waals surface area contributed by atoms with Crippen molar-refractivity contribution in [1.82, 2.24) is 5.32 Å². The molecule has 90 valence electrons. The van der Waals surface area contributed by atoms with Crippen LogP contribution in [0.5, 0.6) is 5.75 Å². The van der Waals surface area contributed by atoms with Crippen LogP contribution in [0.15, 0.2) is 18.2 Å². The van der Waals surface area contributed by atoms with E-state index in [-0.39, 0.29) is 0 Å². The summed E-state index contributed by atoms with van der Waals surface area (Å²) in [5, 5.41) is 12.3. The van der Waals surface area contributed by atoms with E-state index in [1.54, 1.807) is 0 Å². The van der Waals surface area contributed by atoms with Crippen LogP contribution in [0.25, 0.3) is 0 Å². The van der Waals surface area contributed by atoms with Crippen LogP contribution in [0.1, 0.15) is 30.4 Å². The van der Waals surface area contributed by atoms with E-state index >= 15 is 0 Å². The first-order valence-corrected chi connectivity index (χ1v) is 6.16. The van der Waals surface area contributed by atoms with E-state index in [4.69, 9.17) is 10.00 Å². The molecule has 1 aromatic rings. The Balaban J connectivity index is 1.95. The van der Waals surface area contributed by atoms with Crippen molar-refractivity contribution in [3.8, 4) is 11.8 Å². The van der Waals surface area contributed by atoms with Gasteiger partial charge in [-0.15, -0.1) is 0 Å². The molecular weight excluding hydrogens is 212 g/mol. The maximum Gasteiger partial charge on any atom is 0.123 e. The van der Waals surface area contributed by atoms with Crippen LogP contribution in [0, 0.1) is 18.3 Å². The van der Waals surface area contributed by atoms with Crippen molar-refractivity contribution in [3.05, 3.63) is 29.3 Å². The third-order valence-electron chi connectivity index (χ3n) is 3.17. The smallest absolute Gasteiger partial charge is 0.123 e. The molecule has 1 saturated heterocycles. The molecule has 1 aliphatic heterocycles. The second-order valence-corrected chi connectivity index (χ2v) is 4.55. The molecular formula is C14H18N2O. The van der Waals surface area contributed by atoms with Gasteiger partial charge in [-0.2, -0.15) is 5.26 Å². The molecule has 1 unspecified atom stereocenters. The zero-order valence-electron chi connectivity index (χ0n) is 10.2. The molecule has 0 amide bonds. The van der Waals surface area contributed by atoms with Crippen LogP contribution in [0.2, 0.25) is 0 Å². The highest BCUT2D eigenvalue weighted by Crippen LogP contribution is 2.20. The van der Waals surface area contributed by atoms with Gasteiger partial charge in [0.1, 0.15) is 12.4 Å². The Morgan fingerprint density at radius 3 is 3.06 bits per heavy atom. The van der Waals surface area contributed by atoms with Crippen LogP contribution >= 0.6 is 0 Å². The Bertz CT molecular complexity index is 417. The monoisotopic (exact) mass is 230 g/mol. The van der Waals surface area contributed by atoms with E-state index in [0.29, 0.717) is 18.2 Å². The molecule has 0 spiro atoms. The molecule has 1 fully saturated rings. The lowest BCUT2D eigenvalue weighted by Crippen LogP contribution is -2.38. The van der Waals surface area contributed by atoms with Crippen molar-refractivity contribution in [2.75, 3.05) is 13.2 Å². The van der Waals surface area contributed by atoms with Gasteiger partial charge in [-0.3, -0.25) is 0 Å².